The molecule has 3 heterocycles. The molecule has 7 heteroatoms. The number of anilines is 1. The second-order valence-corrected chi connectivity index (χ2v) is 6.65. The van der Waals surface area contributed by atoms with Crippen LogP contribution in [0.25, 0.3) is 0 Å². The van der Waals surface area contributed by atoms with Crippen molar-refractivity contribution in [3.63, 3.8) is 0 Å². The summed E-state index contributed by atoms with van der Waals surface area (Å²) in [5.74, 6) is 1.71. The molecule has 2 aliphatic rings. The topological polar surface area (TPSA) is 58.6 Å². The van der Waals surface area contributed by atoms with Crippen LogP contribution in [0.15, 0.2) is 0 Å². The summed E-state index contributed by atoms with van der Waals surface area (Å²) in [4.78, 5) is 25.3. The minimum atomic E-state index is -0.0347. The fourth-order valence-corrected chi connectivity index (χ4v) is 3.60. The quantitative estimate of drug-likeness (QED) is 0.765. The van der Waals surface area contributed by atoms with Crippen molar-refractivity contribution in [1.29, 1.82) is 0 Å². The van der Waals surface area contributed by atoms with Gasteiger partial charge in [-0.1, -0.05) is 0 Å². The second-order valence-electron chi connectivity index (χ2n) is 6.38. The number of nitrogens with zero attached hydrogens (tertiary/aromatic N) is 4. The van der Waals surface area contributed by atoms with E-state index in [-0.39, 0.29) is 24.0 Å². The van der Waals surface area contributed by atoms with Crippen molar-refractivity contribution < 1.29 is 9.53 Å². The lowest BCUT2D eigenvalue weighted by Gasteiger charge is -2.38. The number of carbonyl (C=O) groups excluding carboxylic acids is 1. The Balaban J connectivity index is 1.94. The van der Waals surface area contributed by atoms with E-state index in [9.17, 15) is 4.79 Å². The highest BCUT2D eigenvalue weighted by Gasteiger charge is 2.30. The molecule has 126 valence electrons. The monoisotopic (exact) mass is 338 g/mol. The maximum Gasteiger partial charge on any atom is 0.237 e. The smallest absolute Gasteiger partial charge is 0.237 e. The van der Waals surface area contributed by atoms with Gasteiger partial charge in [0.25, 0.3) is 0 Å². The molecule has 2 aliphatic heterocycles. The number of aryl methyl sites for hydroxylation is 1. The van der Waals surface area contributed by atoms with Crippen molar-refractivity contribution in [3.05, 3.63) is 17.1 Å². The number of halogens is 1. The van der Waals surface area contributed by atoms with Gasteiger partial charge in [0.2, 0.25) is 5.91 Å². The molecule has 0 aliphatic carbocycles. The summed E-state index contributed by atoms with van der Waals surface area (Å²) < 4.78 is 5.82. The Bertz CT molecular complexity index is 600. The van der Waals surface area contributed by atoms with Crippen LogP contribution in [0, 0.1) is 6.92 Å². The number of carbonyl (C=O) groups is 1. The van der Waals surface area contributed by atoms with Gasteiger partial charge < -0.3 is 14.5 Å². The van der Waals surface area contributed by atoms with Crippen LogP contribution in [-0.4, -0.2) is 58.5 Å². The van der Waals surface area contributed by atoms with Gasteiger partial charge in [0.1, 0.15) is 17.5 Å². The number of aromatic nitrogens is 2. The first-order valence-corrected chi connectivity index (χ1v) is 8.62. The number of fused-ring (bicyclic) bond motifs is 1. The van der Waals surface area contributed by atoms with Crippen LogP contribution in [0.5, 0.6) is 0 Å². The molecular weight excluding hydrogens is 316 g/mol. The van der Waals surface area contributed by atoms with Crippen LogP contribution in [-0.2, 0) is 22.5 Å². The lowest BCUT2D eigenvalue weighted by molar-refractivity contribution is -0.129. The molecule has 1 aromatic heterocycles. The molecule has 23 heavy (non-hydrogen) atoms. The van der Waals surface area contributed by atoms with Gasteiger partial charge in [-0.2, -0.15) is 0 Å². The molecule has 0 N–H and O–H groups in total. The molecule has 1 amide bonds. The van der Waals surface area contributed by atoms with Crippen molar-refractivity contribution in [2.75, 3.05) is 30.4 Å². The molecule has 2 unspecified atom stereocenters. The first-order chi connectivity index (χ1) is 11.0. The summed E-state index contributed by atoms with van der Waals surface area (Å²) >= 11 is 5.71. The van der Waals surface area contributed by atoms with Crippen molar-refractivity contribution in [3.8, 4) is 0 Å². The lowest BCUT2D eigenvalue weighted by Crippen LogP contribution is -2.47. The zero-order valence-electron chi connectivity index (χ0n) is 13.9. The Labute approximate surface area is 141 Å². The van der Waals surface area contributed by atoms with Gasteiger partial charge in [-0.25, -0.2) is 9.97 Å². The van der Waals surface area contributed by atoms with Crippen LogP contribution in [0.4, 0.5) is 5.82 Å². The van der Waals surface area contributed by atoms with Gasteiger partial charge in [-0.05, 0) is 20.8 Å². The molecule has 0 bridgehead atoms. The zero-order chi connectivity index (χ0) is 16.6. The number of hydrogen-bond donors (Lipinski definition) is 0. The Morgan fingerprint density at radius 2 is 2.00 bits per heavy atom. The highest BCUT2D eigenvalue weighted by atomic mass is 35.5. The third kappa shape index (κ3) is 3.43. The lowest BCUT2D eigenvalue weighted by atomic mass is 10.0. The molecule has 0 aromatic carbocycles. The molecular formula is C16H23ClN4O2. The van der Waals surface area contributed by atoms with E-state index in [1.807, 2.05) is 6.92 Å². The Morgan fingerprint density at radius 1 is 1.30 bits per heavy atom. The van der Waals surface area contributed by atoms with Crippen molar-refractivity contribution in [2.45, 2.75) is 45.9 Å². The molecule has 1 saturated heterocycles. The fraction of sp³-hybridized carbons (Fsp3) is 0.688. The molecule has 2 atom stereocenters. The van der Waals surface area contributed by atoms with Crippen LogP contribution in [0.3, 0.4) is 0 Å². The summed E-state index contributed by atoms with van der Waals surface area (Å²) in [5.41, 5.74) is 2.11. The van der Waals surface area contributed by atoms with E-state index in [1.165, 1.54) is 0 Å². The minimum Gasteiger partial charge on any atom is -0.372 e. The maximum atomic E-state index is 12.0. The van der Waals surface area contributed by atoms with Gasteiger partial charge in [0.15, 0.2) is 0 Å². The summed E-state index contributed by atoms with van der Waals surface area (Å²) in [7, 11) is 0. The van der Waals surface area contributed by atoms with Crippen molar-refractivity contribution in [2.24, 2.45) is 0 Å². The largest absolute Gasteiger partial charge is 0.372 e. The van der Waals surface area contributed by atoms with E-state index in [1.54, 1.807) is 4.90 Å². The van der Waals surface area contributed by atoms with Gasteiger partial charge in [-0.15, -0.1) is 11.6 Å². The molecule has 0 radical (unpaired) electrons. The Kier molecular flexibility index (Phi) is 4.73. The molecule has 3 rings (SSSR count). The van der Waals surface area contributed by atoms with E-state index >= 15 is 0 Å². The van der Waals surface area contributed by atoms with E-state index in [4.69, 9.17) is 16.3 Å². The highest BCUT2D eigenvalue weighted by molar-refractivity contribution is 6.27. The van der Waals surface area contributed by atoms with Gasteiger partial charge >= 0.3 is 0 Å². The Hall–Kier alpha value is -1.40. The normalized spacial score (nSPS) is 24.5. The Morgan fingerprint density at radius 3 is 2.65 bits per heavy atom. The predicted molar refractivity (Wildman–Crippen MR) is 88.8 cm³/mol. The van der Waals surface area contributed by atoms with E-state index in [0.29, 0.717) is 13.1 Å². The molecule has 1 aromatic rings. The van der Waals surface area contributed by atoms with Gasteiger partial charge in [0, 0.05) is 31.6 Å². The third-order valence-corrected chi connectivity index (χ3v) is 4.57. The third-order valence-electron chi connectivity index (χ3n) is 4.34. The van der Waals surface area contributed by atoms with E-state index < -0.39 is 0 Å². The van der Waals surface area contributed by atoms with Gasteiger partial charge in [-0.3, -0.25) is 4.79 Å². The highest BCUT2D eigenvalue weighted by Crippen LogP contribution is 2.29. The van der Waals surface area contributed by atoms with Crippen LogP contribution < -0.4 is 4.90 Å². The fourth-order valence-electron chi connectivity index (χ4n) is 3.43. The summed E-state index contributed by atoms with van der Waals surface area (Å²) in [5, 5.41) is 0. The number of morpholine rings is 1. The SMILES string of the molecule is Cc1nc2c(c(N3CC(C)OC(C)C3)n1)CN(C(=O)CCl)CC2. The van der Waals surface area contributed by atoms with E-state index in [2.05, 4.69) is 28.7 Å². The average molecular weight is 339 g/mol. The maximum absolute atomic E-state index is 12.0. The molecule has 0 saturated carbocycles. The summed E-state index contributed by atoms with van der Waals surface area (Å²) in [6.45, 7) is 8.89. The standard InChI is InChI=1S/C16H23ClN4O2/c1-10-7-21(8-11(2)23-10)16-13-9-20(15(22)6-17)5-4-14(13)18-12(3)19-16/h10-11H,4-9H2,1-3H3. The molecule has 6 nitrogen and oxygen atoms in total. The summed E-state index contributed by atoms with van der Waals surface area (Å²) in [6.07, 6.45) is 1.08. The first-order valence-electron chi connectivity index (χ1n) is 8.08. The van der Waals surface area contributed by atoms with Crippen molar-refractivity contribution >= 4 is 23.3 Å². The number of hydrogen-bond acceptors (Lipinski definition) is 5. The number of alkyl halides is 1. The summed E-state index contributed by atoms with van der Waals surface area (Å²) in [6, 6.07) is 0. The number of rotatable bonds is 2. The molecule has 0 spiro atoms. The number of ether oxygens (including phenoxy) is 1. The average Bonchev–Trinajstić information content (AvgIpc) is 2.52. The van der Waals surface area contributed by atoms with Gasteiger partial charge in [0.05, 0.1) is 24.4 Å². The van der Waals surface area contributed by atoms with E-state index in [0.717, 1.165) is 42.4 Å². The molecule has 1 fully saturated rings. The minimum absolute atomic E-state index is 0.0169. The van der Waals surface area contributed by atoms with Crippen molar-refractivity contribution in [1.82, 2.24) is 14.9 Å². The van der Waals surface area contributed by atoms with Crippen LogP contribution >= 0.6 is 11.6 Å². The first kappa shape index (κ1) is 16.5. The second kappa shape index (κ2) is 6.61. The zero-order valence-corrected chi connectivity index (χ0v) is 14.6. The van der Waals surface area contributed by atoms with Crippen LogP contribution in [0.2, 0.25) is 0 Å². The predicted octanol–water partition coefficient (Wildman–Crippen LogP) is 1.52. The van der Waals surface area contributed by atoms with Crippen LogP contribution in [0.1, 0.15) is 30.9 Å². The number of amides is 1.